The highest BCUT2D eigenvalue weighted by atomic mass is 35.5. The summed E-state index contributed by atoms with van der Waals surface area (Å²) in [6, 6.07) is 12.9. The molecule has 2 aromatic carbocycles. The van der Waals surface area contributed by atoms with Crippen molar-refractivity contribution >= 4 is 50.7 Å². The van der Waals surface area contributed by atoms with E-state index in [1.165, 1.54) is 22.0 Å². The number of rotatable bonds is 5. The van der Waals surface area contributed by atoms with Gasteiger partial charge in [0.15, 0.2) is 0 Å². The van der Waals surface area contributed by atoms with Crippen LogP contribution in [0.5, 0.6) is 0 Å². The molecular formula is C23H25Cl2N5O2S. The Kier molecular flexibility index (Phi) is 6.81. The number of hydrogen-bond donors (Lipinski definition) is 1. The van der Waals surface area contributed by atoms with Gasteiger partial charge in [-0.2, -0.15) is 9.29 Å². The van der Waals surface area contributed by atoms with E-state index in [0.717, 1.165) is 17.2 Å². The van der Waals surface area contributed by atoms with Crippen molar-refractivity contribution in [1.29, 1.82) is 0 Å². The Balaban J connectivity index is 1.49. The number of halogens is 2. The fourth-order valence-electron chi connectivity index (χ4n) is 3.66. The molecule has 0 spiro atoms. The zero-order valence-electron chi connectivity index (χ0n) is 18.6. The lowest BCUT2D eigenvalue weighted by Crippen LogP contribution is -2.49. The number of benzene rings is 2. The predicted octanol–water partition coefficient (Wildman–Crippen LogP) is 4.96. The van der Waals surface area contributed by atoms with E-state index in [-0.39, 0.29) is 9.92 Å². The Hall–Kier alpha value is -2.39. The molecular weight excluding hydrogens is 481 g/mol. The first-order valence-corrected chi connectivity index (χ1v) is 12.7. The summed E-state index contributed by atoms with van der Waals surface area (Å²) < 4.78 is 27.8. The predicted molar refractivity (Wildman–Crippen MR) is 133 cm³/mol. The quantitative estimate of drug-likeness (QED) is 0.527. The minimum Gasteiger partial charge on any atom is -0.354 e. The van der Waals surface area contributed by atoms with E-state index in [2.05, 4.69) is 20.2 Å². The average molecular weight is 506 g/mol. The van der Waals surface area contributed by atoms with Crippen molar-refractivity contribution in [2.45, 2.75) is 25.7 Å². The first kappa shape index (κ1) is 23.8. The van der Waals surface area contributed by atoms with Crippen LogP contribution in [0.1, 0.15) is 16.8 Å². The van der Waals surface area contributed by atoms with Crippen LogP contribution in [-0.4, -0.2) is 48.9 Å². The van der Waals surface area contributed by atoms with E-state index >= 15 is 0 Å². The lowest BCUT2D eigenvalue weighted by Gasteiger charge is -2.35. The van der Waals surface area contributed by atoms with Gasteiger partial charge in [0.25, 0.3) is 0 Å². The molecule has 10 heteroatoms. The van der Waals surface area contributed by atoms with Crippen molar-refractivity contribution in [1.82, 2.24) is 14.3 Å². The topological polar surface area (TPSA) is 78.4 Å². The lowest BCUT2D eigenvalue weighted by atomic mass is 10.2. The smallest absolute Gasteiger partial charge is 0.244 e. The largest absolute Gasteiger partial charge is 0.354 e. The molecule has 0 unspecified atom stereocenters. The zero-order chi connectivity index (χ0) is 23.8. The molecule has 1 N–H and O–H groups in total. The maximum absolute atomic E-state index is 13.2. The molecule has 1 aliphatic heterocycles. The van der Waals surface area contributed by atoms with Gasteiger partial charge < -0.3 is 10.2 Å². The third-order valence-corrected chi connectivity index (χ3v) is 8.31. The van der Waals surface area contributed by atoms with Gasteiger partial charge in [-0.25, -0.2) is 13.4 Å². The minimum atomic E-state index is -3.73. The fraction of sp³-hybridized carbons (Fsp3) is 0.304. The molecule has 0 radical (unpaired) electrons. The van der Waals surface area contributed by atoms with Crippen LogP contribution in [0.15, 0.2) is 47.4 Å². The maximum atomic E-state index is 13.2. The summed E-state index contributed by atoms with van der Waals surface area (Å²) in [7, 11) is -3.73. The molecule has 0 amide bonds. The van der Waals surface area contributed by atoms with E-state index in [0.29, 0.717) is 42.7 Å². The van der Waals surface area contributed by atoms with Crippen molar-refractivity contribution in [3.63, 3.8) is 0 Å². The van der Waals surface area contributed by atoms with Crippen molar-refractivity contribution in [2.75, 3.05) is 36.4 Å². The normalized spacial score (nSPS) is 15.0. The van der Waals surface area contributed by atoms with E-state index in [1.54, 1.807) is 6.92 Å². The molecule has 2 heterocycles. The van der Waals surface area contributed by atoms with Crippen molar-refractivity contribution in [3.8, 4) is 0 Å². The molecule has 7 nitrogen and oxygen atoms in total. The first-order valence-electron chi connectivity index (χ1n) is 10.5. The van der Waals surface area contributed by atoms with Crippen LogP contribution < -0.4 is 10.2 Å². The molecule has 1 aliphatic rings. The van der Waals surface area contributed by atoms with E-state index < -0.39 is 10.0 Å². The van der Waals surface area contributed by atoms with E-state index in [9.17, 15) is 8.42 Å². The molecule has 1 aromatic heterocycles. The van der Waals surface area contributed by atoms with Gasteiger partial charge in [0.05, 0.1) is 5.02 Å². The summed E-state index contributed by atoms with van der Waals surface area (Å²) in [6.07, 6.45) is 0. The summed E-state index contributed by atoms with van der Waals surface area (Å²) in [5, 5.41) is 3.81. The van der Waals surface area contributed by atoms with Crippen LogP contribution in [0.3, 0.4) is 0 Å². The third-order valence-electron chi connectivity index (χ3n) is 5.54. The molecule has 174 valence electrons. The van der Waals surface area contributed by atoms with Gasteiger partial charge in [0.2, 0.25) is 16.0 Å². The average Bonchev–Trinajstić information content (AvgIpc) is 2.77. The van der Waals surface area contributed by atoms with Crippen LogP contribution in [0.2, 0.25) is 10.0 Å². The zero-order valence-corrected chi connectivity index (χ0v) is 21.0. The first-order chi connectivity index (χ1) is 15.6. The standard InChI is InChI=1S/C23H25Cl2N5O2S/c1-15-4-6-18(7-5-15)27-23-26-17(3)13-22(28-23)29-8-10-30(11-9-29)33(31,32)21-12-16(2)19(24)14-20(21)25/h4-7,12-14H,8-11H2,1-3H3,(H,26,27,28). The Bertz CT molecular complexity index is 1270. The Morgan fingerprint density at radius 3 is 2.21 bits per heavy atom. The number of aromatic nitrogens is 2. The molecule has 1 saturated heterocycles. The van der Waals surface area contributed by atoms with E-state index in [4.69, 9.17) is 23.2 Å². The molecule has 0 saturated carbocycles. The summed E-state index contributed by atoms with van der Waals surface area (Å²) in [4.78, 5) is 11.3. The monoisotopic (exact) mass is 505 g/mol. The highest BCUT2D eigenvalue weighted by molar-refractivity contribution is 7.89. The minimum absolute atomic E-state index is 0.0852. The second-order valence-corrected chi connectivity index (χ2v) is 10.8. The number of piperazine rings is 1. The number of sulfonamides is 1. The summed E-state index contributed by atoms with van der Waals surface area (Å²) in [5.74, 6) is 1.27. The Morgan fingerprint density at radius 2 is 1.55 bits per heavy atom. The molecule has 0 bridgehead atoms. The summed E-state index contributed by atoms with van der Waals surface area (Å²) >= 11 is 12.3. The van der Waals surface area contributed by atoms with Crippen LogP contribution in [-0.2, 0) is 10.0 Å². The second kappa shape index (κ2) is 9.46. The van der Waals surface area contributed by atoms with E-state index in [1.807, 2.05) is 44.2 Å². The molecule has 33 heavy (non-hydrogen) atoms. The van der Waals surface area contributed by atoms with Crippen LogP contribution in [0.4, 0.5) is 17.5 Å². The number of nitrogens with zero attached hydrogens (tertiary/aromatic N) is 4. The summed E-state index contributed by atoms with van der Waals surface area (Å²) in [6.45, 7) is 7.36. The number of nitrogens with one attached hydrogen (secondary N) is 1. The molecule has 4 rings (SSSR count). The van der Waals surface area contributed by atoms with Crippen molar-refractivity contribution in [3.05, 3.63) is 69.3 Å². The molecule has 0 atom stereocenters. The van der Waals surface area contributed by atoms with Crippen LogP contribution in [0.25, 0.3) is 0 Å². The Morgan fingerprint density at radius 1 is 0.879 bits per heavy atom. The van der Waals surface area contributed by atoms with Crippen molar-refractivity contribution < 1.29 is 8.42 Å². The van der Waals surface area contributed by atoms with Gasteiger partial charge in [-0.15, -0.1) is 0 Å². The van der Waals surface area contributed by atoms with Crippen LogP contribution in [0, 0.1) is 20.8 Å². The number of aryl methyl sites for hydroxylation is 3. The van der Waals surface area contributed by atoms with Gasteiger partial charge in [-0.1, -0.05) is 40.9 Å². The van der Waals surface area contributed by atoms with Gasteiger partial charge in [-0.05, 0) is 50.6 Å². The molecule has 1 fully saturated rings. The SMILES string of the molecule is Cc1ccc(Nc2nc(C)cc(N3CCN(S(=O)(=O)c4cc(C)c(Cl)cc4Cl)CC3)n2)cc1. The van der Waals surface area contributed by atoms with Crippen LogP contribution >= 0.6 is 23.2 Å². The summed E-state index contributed by atoms with van der Waals surface area (Å²) in [5.41, 5.74) is 3.58. The maximum Gasteiger partial charge on any atom is 0.244 e. The highest BCUT2D eigenvalue weighted by Gasteiger charge is 2.31. The van der Waals surface area contributed by atoms with Gasteiger partial charge in [0.1, 0.15) is 10.7 Å². The second-order valence-electron chi connectivity index (χ2n) is 8.11. The van der Waals surface area contributed by atoms with Gasteiger partial charge >= 0.3 is 0 Å². The number of anilines is 3. The van der Waals surface area contributed by atoms with Gasteiger partial charge in [-0.3, -0.25) is 0 Å². The fourth-order valence-corrected chi connectivity index (χ4v) is 5.89. The molecule has 0 aliphatic carbocycles. The Labute approximate surface area is 204 Å². The third kappa shape index (κ3) is 5.24. The lowest BCUT2D eigenvalue weighted by molar-refractivity contribution is 0.384. The number of hydrogen-bond acceptors (Lipinski definition) is 6. The molecule has 3 aromatic rings. The van der Waals surface area contributed by atoms with Gasteiger partial charge in [0, 0.05) is 48.6 Å². The van der Waals surface area contributed by atoms with Crippen molar-refractivity contribution in [2.24, 2.45) is 0 Å². The highest BCUT2D eigenvalue weighted by Crippen LogP contribution is 2.31.